The SMILES string of the molecule is Cc1cc(C)nc(-n2nc(C)cc2NC(=O)CN2CCC(c3nc(-c4ccccn4)no3)CC2)n1. The molecule has 35 heavy (non-hydrogen) atoms. The number of nitrogens with zero attached hydrogens (tertiary/aromatic N) is 8. The summed E-state index contributed by atoms with van der Waals surface area (Å²) in [7, 11) is 0. The summed E-state index contributed by atoms with van der Waals surface area (Å²) in [4.78, 5) is 32.7. The molecule has 1 aliphatic heterocycles. The average Bonchev–Trinajstić information content (AvgIpc) is 3.46. The van der Waals surface area contributed by atoms with Crippen molar-refractivity contribution in [1.82, 2.24) is 39.8 Å². The molecule has 1 fully saturated rings. The average molecular weight is 474 g/mol. The highest BCUT2D eigenvalue weighted by Crippen LogP contribution is 2.28. The molecule has 0 saturated carbocycles. The second-order valence-electron chi connectivity index (χ2n) is 8.80. The van der Waals surface area contributed by atoms with Crippen LogP contribution in [0.5, 0.6) is 0 Å². The van der Waals surface area contributed by atoms with E-state index in [2.05, 4.69) is 40.4 Å². The summed E-state index contributed by atoms with van der Waals surface area (Å²) in [5.41, 5.74) is 3.15. The molecule has 0 aliphatic carbocycles. The number of carbonyl (C=O) groups is 1. The van der Waals surface area contributed by atoms with Gasteiger partial charge in [-0.05, 0) is 64.9 Å². The van der Waals surface area contributed by atoms with Gasteiger partial charge >= 0.3 is 0 Å². The third kappa shape index (κ3) is 5.24. The number of aromatic nitrogens is 7. The van der Waals surface area contributed by atoms with Gasteiger partial charge in [-0.2, -0.15) is 14.8 Å². The Morgan fingerprint density at radius 2 is 1.83 bits per heavy atom. The summed E-state index contributed by atoms with van der Waals surface area (Å²) >= 11 is 0. The van der Waals surface area contributed by atoms with Gasteiger partial charge in [0.2, 0.25) is 17.6 Å². The zero-order valence-electron chi connectivity index (χ0n) is 20.0. The third-order valence-corrected chi connectivity index (χ3v) is 5.90. The van der Waals surface area contributed by atoms with E-state index in [0.29, 0.717) is 29.2 Å². The quantitative estimate of drug-likeness (QED) is 0.449. The molecule has 180 valence electrons. The first-order valence-corrected chi connectivity index (χ1v) is 11.6. The number of nitrogens with one attached hydrogen (secondary N) is 1. The lowest BCUT2D eigenvalue weighted by atomic mass is 9.97. The van der Waals surface area contributed by atoms with Gasteiger partial charge in [-0.25, -0.2) is 9.97 Å². The summed E-state index contributed by atoms with van der Waals surface area (Å²) in [5.74, 6) is 2.19. The number of amides is 1. The Morgan fingerprint density at radius 3 is 2.54 bits per heavy atom. The Morgan fingerprint density at radius 1 is 1.06 bits per heavy atom. The molecular formula is C24H27N9O2. The Kier molecular flexibility index (Phi) is 6.32. The van der Waals surface area contributed by atoms with Gasteiger partial charge in [0.25, 0.3) is 5.95 Å². The molecule has 1 N–H and O–H groups in total. The smallest absolute Gasteiger partial charge is 0.252 e. The fourth-order valence-electron chi connectivity index (χ4n) is 4.27. The molecule has 4 aromatic rings. The summed E-state index contributed by atoms with van der Waals surface area (Å²) in [6.07, 6.45) is 3.38. The summed E-state index contributed by atoms with van der Waals surface area (Å²) in [5, 5.41) is 11.5. The van der Waals surface area contributed by atoms with Crippen LogP contribution in [0.4, 0.5) is 5.82 Å². The second kappa shape index (κ2) is 9.71. The number of anilines is 1. The number of pyridine rings is 1. The van der Waals surface area contributed by atoms with Crippen LogP contribution in [0.1, 0.15) is 41.7 Å². The lowest BCUT2D eigenvalue weighted by molar-refractivity contribution is -0.117. The topological polar surface area (TPSA) is 128 Å². The Labute approximate surface area is 202 Å². The number of piperidine rings is 1. The first kappa shape index (κ1) is 22.8. The van der Waals surface area contributed by atoms with E-state index >= 15 is 0 Å². The van der Waals surface area contributed by atoms with Crippen molar-refractivity contribution in [1.29, 1.82) is 0 Å². The van der Waals surface area contributed by atoms with E-state index in [4.69, 9.17) is 4.52 Å². The fourth-order valence-corrected chi connectivity index (χ4v) is 4.27. The summed E-state index contributed by atoms with van der Waals surface area (Å²) < 4.78 is 7.09. The van der Waals surface area contributed by atoms with Crippen LogP contribution in [-0.2, 0) is 4.79 Å². The van der Waals surface area contributed by atoms with Gasteiger partial charge < -0.3 is 9.84 Å². The molecule has 5 rings (SSSR count). The van der Waals surface area contributed by atoms with E-state index in [1.165, 1.54) is 0 Å². The van der Waals surface area contributed by atoms with Gasteiger partial charge in [0.15, 0.2) is 0 Å². The number of hydrogen-bond acceptors (Lipinski definition) is 9. The van der Waals surface area contributed by atoms with Crippen molar-refractivity contribution in [3.05, 3.63) is 59.5 Å². The van der Waals surface area contributed by atoms with Gasteiger partial charge in [-0.15, -0.1) is 0 Å². The van der Waals surface area contributed by atoms with E-state index in [1.54, 1.807) is 10.9 Å². The van der Waals surface area contributed by atoms with E-state index in [-0.39, 0.29) is 18.4 Å². The summed E-state index contributed by atoms with van der Waals surface area (Å²) in [6.45, 7) is 7.49. The minimum absolute atomic E-state index is 0.107. The Hall–Kier alpha value is -3.99. The molecule has 0 spiro atoms. The molecule has 0 bridgehead atoms. The number of carbonyl (C=O) groups excluding carboxylic acids is 1. The molecule has 11 nitrogen and oxygen atoms in total. The molecule has 4 aromatic heterocycles. The number of likely N-dealkylation sites (tertiary alicyclic amines) is 1. The normalized spacial score (nSPS) is 14.8. The summed E-state index contributed by atoms with van der Waals surface area (Å²) in [6, 6.07) is 9.32. The monoisotopic (exact) mass is 473 g/mol. The Balaban J connectivity index is 1.18. The molecular weight excluding hydrogens is 446 g/mol. The second-order valence-corrected chi connectivity index (χ2v) is 8.80. The zero-order valence-corrected chi connectivity index (χ0v) is 20.0. The van der Waals surface area contributed by atoms with Crippen molar-refractivity contribution in [2.75, 3.05) is 25.0 Å². The molecule has 0 aromatic carbocycles. The maximum absolute atomic E-state index is 12.8. The molecule has 0 radical (unpaired) electrons. The first-order chi connectivity index (χ1) is 16.9. The highest BCUT2D eigenvalue weighted by atomic mass is 16.5. The number of aryl methyl sites for hydroxylation is 3. The first-order valence-electron chi connectivity index (χ1n) is 11.6. The van der Waals surface area contributed by atoms with Crippen molar-refractivity contribution in [3.8, 4) is 17.5 Å². The lowest BCUT2D eigenvalue weighted by Crippen LogP contribution is -2.39. The van der Waals surface area contributed by atoms with E-state index in [1.807, 2.05) is 51.1 Å². The van der Waals surface area contributed by atoms with E-state index < -0.39 is 0 Å². The van der Waals surface area contributed by atoms with Gasteiger partial charge in [0.05, 0.1) is 12.2 Å². The van der Waals surface area contributed by atoms with Crippen molar-refractivity contribution < 1.29 is 9.32 Å². The highest BCUT2D eigenvalue weighted by Gasteiger charge is 2.27. The van der Waals surface area contributed by atoms with E-state index in [9.17, 15) is 4.79 Å². The van der Waals surface area contributed by atoms with Crippen molar-refractivity contribution in [3.63, 3.8) is 0 Å². The van der Waals surface area contributed by atoms with Crippen molar-refractivity contribution >= 4 is 11.7 Å². The number of rotatable bonds is 6. The van der Waals surface area contributed by atoms with Gasteiger partial charge in [0.1, 0.15) is 11.5 Å². The molecule has 1 amide bonds. The predicted octanol–water partition coefficient (Wildman–Crippen LogP) is 2.85. The Bertz CT molecular complexity index is 1300. The van der Waals surface area contributed by atoms with Crippen LogP contribution in [0.25, 0.3) is 17.5 Å². The highest BCUT2D eigenvalue weighted by molar-refractivity contribution is 5.91. The molecule has 0 atom stereocenters. The van der Waals surface area contributed by atoms with Crippen molar-refractivity contribution in [2.24, 2.45) is 0 Å². The van der Waals surface area contributed by atoms with Crippen LogP contribution in [0, 0.1) is 20.8 Å². The molecule has 5 heterocycles. The van der Waals surface area contributed by atoms with Crippen LogP contribution >= 0.6 is 0 Å². The standard InChI is InChI=1S/C24H27N9O2/c1-15-12-16(2)27-24(26-15)33-20(13-17(3)30-33)28-21(34)14-32-10-7-18(8-11-32)23-29-22(31-35-23)19-6-4-5-9-25-19/h4-6,9,12-13,18H,7-8,10-11,14H2,1-3H3,(H,28,34). The molecule has 1 aliphatic rings. The van der Waals surface area contributed by atoms with Gasteiger partial charge in [-0.1, -0.05) is 11.2 Å². The van der Waals surface area contributed by atoms with Crippen LogP contribution in [0.15, 0.2) is 41.1 Å². The molecule has 11 heteroatoms. The van der Waals surface area contributed by atoms with Crippen LogP contribution in [0.3, 0.4) is 0 Å². The van der Waals surface area contributed by atoms with E-state index in [0.717, 1.165) is 43.0 Å². The fraction of sp³-hybridized carbons (Fsp3) is 0.375. The van der Waals surface area contributed by atoms with Gasteiger partial charge in [-0.3, -0.25) is 14.7 Å². The van der Waals surface area contributed by atoms with Crippen LogP contribution in [0.2, 0.25) is 0 Å². The zero-order chi connectivity index (χ0) is 24.4. The van der Waals surface area contributed by atoms with Gasteiger partial charge in [0, 0.05) is 29.6 Å². The van der Waals surface area contributed by atoms with Crippen LogP contribution < -0.4 is 5.32 Å². The largest absolute Gasteiger partial charge is 0.339 e. The minimum atomic E-state index is -0.107. The lowest BCUT2D eigenvalue weighted by Gasteiger charge is -2.29. The minimum Gasteiger partial charge on any atom is -0.339 e. The third-order valence-electron chi connectivity index (χ3n) is 5.90. The van der Waals surface area contributed by atoms with Crippen molar-refractivity contribution in [2.45, 2.75) is 39.5 Å². The maximum Gasteiger partial charge on any atom is 0.252 e. The molecule has 0 unspecified atom stereocenters. The molecule has 1 saturated heterocycles. The predicted molar refractivity (Wildman–Crippen MR) is 128 cm³/mol. The number of hydrogen-bond donors (Lipinski definition) is 1. The van der Waals surface area contributed by atoms with Crippen LogP contribution in [-0.4, -0.2) is 65.3 Å². The maximum atomic E-state index is 12.8.